The lowest BCUT2D eigenvalue weighted by atomic mass is 9.77. The molecule has 0 spiro atoms. The maximum absolute atomic E-state index is 12.5. The van der Waals surface area contributed by atoms with Crippen LogP contribution in [0.25, 0.3) is 0 Å². The Morgan fingerprint density at radius 2 is 1.43 bits per heavy atom. The molecule has 1 fully saturated rings. The third kappa shape index (κ3) is 5.01. The molecule has 0 heterocycles. The van der Waals surface area contributed by atoms with Gasteiger partial charge in [0.05, 0.1) is 24.0 Å². The molecule has 1 aliphatic rings. The topological polar surface area (TPSA) is 52.6 Å². The molecule has 1 rings (SSSR count). The first kappa shape index (κ1) is 18.0. The van der Waals surface area contributed by atoms with E-state index < -0.39 is 5.92 Å². The van der Waals surface area contributed by atoms with Gasteiger partial charge in [-0.2, -0.15) is 0 Å². The van der Waals surface area contributed by atoms with Crippen LogP contribution in [0.5, 0.6) is 0 Å². The van der Waals surface area contributed by atoms with Gasteiger partial charge in [0.2, 0.25) is 0 Å². The molecule has 21 heavy (non-hydrogen) atoms. The van der Waals surface area contributed by atoms with Gasteiger partial charge in [-0.25, -0.2) is 0 Å². The van der Waals surface area contributed by atoms with Crippen LogP contribution in [-0.4, -0.2) is 24.1 Å². The Labute approximate surface area is 128 Å². The summed E-state index contributed by atoms with van der Waals surface area (Å²) in [5.74, 6) is -0.738. The monoisotopic (exact) mass is 298 g/mol. The molecule has 0 bridgehead atoms. The minimum absolute atomic E-state index is 0.128. The van der Waals surface area contributed by atoms with Crippen molar-refractivity contribution in [1.82, 2.24) is 0 Å². The van der Waals surface area contributed by atoms with Gasteiger partial charge in [-0.15, -0.1) is 0 Å². The van der Waals surface area contributed by atoms with Crippen LogP contribution in [0.15, 0.2) is 0 Å². The van der Waals surface area contributed by atoms with E-state index in [1.54, 1.807) is 0 Å². The van der Waals surface area contributed by atoms with Gasteiger partial charge in [0.1, 0.15) is 0 Å². The summed E-state index contributed by atoms with van der Waals surface area (Å²) in [5, 5.41) is 0. The van der Waals surface area contributed by atoms with Crippen molar-refractivity contribution < 1.29 is 19.1 Å². The highest BCUT2D eigenvalue weighted by Gasteiger charge is 2.43. The highest BCUT2D eigenvalue weighted by Crippen LogP contribution is 2.38. The van der Waals surface area contributed by atoms with Gasteiger partial charge in [0, 0.05) is 0 Å². The predicted molar refractivity (Wildman–Crippen MR) is 81.6 cm³/mol. The second-order valence-corrected chi connectivity index (χ2v) is 6.87. The summed E-state index contributed by atoms with van der Waals surface area (Å²) in [6.45, 7) is 11.5. The summed E-state index contributed by atoms with van der Waals surface area (Å²) in [6.07, 6.45) is 2.38. The van der Waals surface area contributed by atoms with Crippen LogP contribution in [-0.2, 0) is 19.1 Å². The van der Waals surface area contributed by atoms with E-state index in [-0.39, 0.29) is 36.0 Å². The van der Waals surface area contributed by atoms with Crippen molar-refractivity contribution in [3.63, 3.8) is 0 Å². The van der Waals surface area contributed by atoms with Crippen LogP contribution in [0, 0.1) is 23.7 Å². The summed E-state index contributed by atoms with van der Waals surface area (Å²) in [4.78, 5) is 24.9. The highest BCUT2D eigenvalue weighted by atomic mass is 16.6. The first-order valence-corrected chi connectivity index (χ1v) is 8.15. The van der Waals surface area contributed by atoms with Gasteiger partial charge in [-0.1, -0.05) is 26.7 Å². The predicted octanol–water partition coefficient (Wildman–Crippen LogP) is 3.58. The molecule has 4 nitrogen and oxygen atoms in total. The lowest BCUT2D eigenvalue weighted by molar-refractivity contribution is -0.167. The summed E-state index contributed by atoms with van der Waals surface area (Å²) in [5.41, 5.74) is 0. The molecule has 4 atom stereocenters. The van der Waals surface area contributed by atoms with Crippen molar-refractivity contribution in [1.29, 1.82) is 0 Å². The van der Waals surface area contributed by atoms with Crippen LogP contribution in [0.4, 0.5) is 0 Å². The molecule has 0 radical (unpaired) electrons. The average molecular weight is 298 g/mol. The van der Waals surface area contributed by atoms with Gasteiger partial charge < -0.3 is 9.47 Å². The maximum Gasteiger partial charge on any atom is 0.310 e. The SMILES string of the molecule is CC(C)OC(=O)C1CCCC(C)C(C)C1C(=O)OC(C)C. The fourth-order valence-corrected chi connectivity index (χ4v) is 3.10. The van der Waals surface area contributed by atoms with Gasteiger partial charge in [0.25, 0.3) is 0 Å². The van der Waals surface area contributed by atoms with Crippen LogP contribution >= 0.6 is 0 Å². The van der Waals surface area contributed by atoms with Crippen molar-refractivity contribution in [3.05, 3.63) is 0 Å². The Bertz CT molecular complexity index is 362. The lowest BCUT2D eigenvalue weighted by Gasteiger charge is -2.30. The third-order valence-electron chi connectivity index (χ3n) is 4.35. The zero-order valence-electron chi connectivity index (χ0n) is 14.2. The number of ether oxygens (including phenoxy) is 2. The second-order valence-electron chi connectivity index (χ2n) is 6.87. The second kappa shape index (κ2) is 7.81. The molecule has 0 aromatic heterocycles. The quantitative estimate of drug-likeness (QED) is 0.588. The largest absolute Gasteiger partial charge is 0.463 e. The van der Waals surface area contributed by atoms with E-state index in [1.807, 2.05) is 27.7 Å². The minimum atomic E-state index is -0.392. The third-order valence-corrected chi connectivity index (χ3v) is 4.35. The van der Waals surface area contributed by atoms with Gasteiger partial charge in [-0.3, -0.25) is 9.59 Å². The van der Waals surface area contributed by atoms with E-state index >= 15 is 0 Å². The Kier molecular flexibility index (Phi) is 6.69. The summed E-state index contributed by atoms with van der Waals surface area (Å²) < 4.78 is 10.8. The fourth-order valence-electron chi connectivity index (χ4n) is 3.10. The van der Waals surface area contributed by atoms with E-state index in [1.165, 1.54) is 0 Å². The first-order valence-electron chi connectivity index (χ1n) is 8.15. The fraction of sp³-hybridized carbons (Fsp3) is 0.882. The molecular weight excluding hydrogens is 268 g/mol. The van der Waals surface area contributed by atoms with Crippen LogP contribution < -0.4 is 0 Å². The highest BCUT2D eigenvalue weighted by molar-refractivity contribution is 5.82. The van der Waals surface area contributed by atoms with Crippen LogP contribution in [0.2, 0.25) is 0 Å². The molecule has 0 aliphatic heterocycles. The Hall–Kier alpha value is -1.06. The molecule has 0 saturated heterocycles. The van der Waals surface area contributed by atoms with Gasteiger partial charge in [-0.05, 0) is 46.0 Å². The van der Waals surface area contributed by atoms with E-state index in [2.05, 4.69) is 13.8 Å². The van der Waals surface area contributed by atoms with Crippen molar-refractivity contribution in [3.8, 4) is 0 Å². The zero-order valence-corrected chi connectivity index (χ0v) is 14.2. The van der Waals surface area contributed by atoms with Crippen molar-refractivity contribution in [2.45, 2.75) is 73.0 Å². The Morgan fingerprint density at radius 1 is 0.905 bits per heavy atom. The van der Waals surface area contributed by atoms with Crippen LogP contribution in [0.1, 0.15) is 60.8 Å². The number of hydrogen-bond donors (Lipinski definition) is 0. The number of esters is 2. The molecule has 4 unspecified atom stereocenters. The average Bonchev–Trinajstić information content (AvgIpc) is 2.48. The molecule has 122 valence electrons. The smallest absolute Gasteiger partial charge is 0.310 e. The molecule has 0 N–H and O–H groups in total. The minimum Gasteiger partial charge on any atom is -0.463 e. The van der Waals surface area contributed by atoms with Crippen molar-refractivity contribution in [2.24, 2.45) is 23.7 Å². The Morgan fingerprint density at radius 3 is 1.95 bits per heavy atom. The molecular formula is C17H30O4. The van der Waals surface area contributed by atoms with E-state index in [9.17, 15) is 9.59 Å². The number of hydrogen-bond acceptors (Lipinski definition) is 4. The van der Waals surface area contributed by atoms with Crippen molar-refractivity contribution in [2.75, 3.05) is 0 Å². The maximum atomic E-state index is 12.5. The number of rotatable bonds is 4. The number of carbonyl (C=O) groups is 2. The van der Waals surface area contributed by atoms with E-state index in [0.717, 1.165) is 12.8 Å². The molecule has 0 aromatic carbocycles. The molecule has 1 saturated carbocycles. The van der Waals surface area contributed by atoms with E-state index in [4.69, 9.17) is 9.47 Å². The molecule has 4 heteroatoms. The normalized spacial score (nSPS) is 30.1. The first-order chi connectivity index (χ1) is 9.73. The van der Waals surface area contributed by atoms with Crippen LogP contribution in [0.3, 0.4) is 0 Å². The van der Waals surface area contributed by atoms with E-state index in [0.29, 0.717) is 12.3 Å². The standard InChI is InChI=1S/C17H30O4/c1-10(2)20-16(18)14-9-7-8-12(5)13(6)15(14)17(19)21-11(3)4/h10-15H,7-9H2,1-6H3. The molecule has 0 aromatic rings. The zero-order chi connectivity index (χ0) is 16.2. The number of carbonyl (C=O) groups excluding carboxylic acids is 2. The summed E-state index contributed by atoms with van der Waals surface area (Å²) in [6, 6.07) is 0. The van der Waals surface area contributed by atoms with Gasteiger partial charge >= 0.3 is 11.9 Å². The van der Waals surface area contributed by atoms with Crippen molar-refractivity contribution >= 4 is 11.9 Å². The Balaban J connectivity index is 2.98. The summed E-state index contributed by atoms with van der Waals surface area (Å²) >= 11 is 0. The molecule has 1 aliphatic carbocycles. The van der Waals surface area contributed by atoms with Gasteiger partial charge in [0.15, 0.2) is 0 Å². The lowest BCUT2D eigenvalue weighted by Crippen LogP contribution is -2.38. The summed E-state index contributed by atoms with van der Waals surface area (Å²) in [7, 11) is 0. The molecule has 0 amide bonds.